The Morgan fingerprint density at radius 1 is 1.29 bits per heavy atom. The van der Waals surface area contributed by atoms with Crippen LogP contribution in [0.15, 0.2) is 15.9 Å². The SMILES string of the molecule is CCOC(CCCCn1cnc2c1c(=O)n(C)c(=O)n2C)C(=O)O. The number of aromatic nitrogens is 4. The maximum atomic E-state index is 12.3. The quantitative estimate of drug-likeness (QED) is 0.684. The maximum absolute atomic E-state index is 12.3. The Kier molecular flexibility index (Phi) is 5.55. The number of carboxylic acids is 1. The number of aliphatic carboxylic acids is 1. The summed E-state index contributed by atoms with van der Waals surface area (Å²) in [7, 11) is 3.00. The molecule has 2 aromatic rings. The van der Waals surface area contributed by atoms with Gasteiger partial charge in [-0.3, -0.25) is 13.9 Å². The molecule has 2 rings (SSSR count). The van der Waals surface area contributed by atoms with Gasteiger partial charge in [-0.25, -0.2) is 14.6 Å². The molecular weight excluding hydrogens is 316 g/mol. The maximum Gasteiger partial charge on any atom is 0.332 e. The Morgan fingerprint density at radius 2 is 2.00 bits per heavy atom. The summed E-state index contributed by atoms with van der Waals surface area (Å²) in [6.07, 6.45) is 2.45. The van der Waals surface area contributed by atoms with Gasteiger partial charge < -0.3 is 14.4 Å². The average molecular weight is 338 g/mol. The van der Waals surface area contributed by atoms with Crippen molar-refractivity contribution in [3.63, 3.8) is 0 Å². The van der Waals surface area contributed by atoms with Gasteiger partial charge in [0, 0.05) is 27.2 Å². The van der Waals surface area contributed by atoms with Gasteiger partial charge in [-0.05, 0) is 26.2 Å². The summed E-state index contributed by atoms with van der Waals surface area (Å²) in [6, 6.07) is 0. The summed E-state index contributed by atoms with van der Waals surface area (Å²) in [6.45, 7) is 2.63. The molecule has 0 aliphatic rings. The second kappa shape index (κ2) is 7.43. The molecule has 0 aromatic carbocycles. The molecule has 0 bridgehead atoms. The minimum Gasteiger partial charge on any atom is -0.479 e. The van der Waals surface area contributed by atoms with Crippen LogP contribution >= 0.6 is 0 Å². The van der Waals surface area contributed by atoms with Crippen molar-refractivity contribution in [2.75, 3.05) is 6.61 Å². The van der Waals surface area contributed by atoms with Crippen LogP contribution in [-0.2, 0) is 30.2 Å². The molecule has 2 heterocycles. The highest BCUT2D eigenvalue weighted by Crippen LogP contribution is 2.10. The number of hydrogen-bond donors (Lipinski definition) is 1. The Balaban J connectivity index is 2.11. The Morgan fingerprint density at radius 3 is 2.62 bits per heavy atom. The molecule has 1 atom stereocenters. The minimum absolute atomic E-state index is 0.348. The molecule has 0 aliphatic carbocycles. The van der Waals surface area contributed by atoms with Crippen LogP contribution in [0.3, 0.4) is 0 Å². The number of rotatable bonds is 8. The molecule has 1 N–H and O–H groups in total. The van der Waals surface area contributed by atoms with Gasteiger partial charge in [-0.2, -0.15) is 0 Å². The van der Waals surface area contributed by atoms with Crippen molar-refractivity contribution >= 4 is 17.1 Å². The molecule has 0 aliphatic heterocycles. The third-order valence-electron chi connectivity index (χ3n) is 3.98. The molecule has 132 valence electrons. The molecule has 0 saturated carbocycles. The van der Waals surface area contributed by atoms with Crippen LogP contribution in [0, 0.1) is 0 Å². The number of hydrogen-bond acceptors (Lipinski definition) is 5. The number of carbonyl (C=O) groups is 1. The predicted molar refractivity (Wildman–Crippen MR) is 87.1 cm³/mol. The van der Waals surface area contributed by atoms with Crippen LogP contribution in [0.1, 0.15) is 26.2 Å². The number of fused-ring (bicyclic) bond motifs is 1. The lowest BCUT2D eigenvalue weighted by molar-refractivity contribution is -0.150. The van der Waals surface area contributed by atoms with Crippen molar-refractivity contribution in [2.45, 2.75) is 38.8 Å². The van der Waals surface area contributed by atoms with E-state index >= 15 is 0 Å². The molecule has 9 nitrogen and oxygen atoms in total. The molecule has 0 amide bonds. The lowest BCUT2D eigenvalue weighted by Crippen LogP contribution is -2.37. The molecule has 0 radical (unpaired) electrons. The number of aryl methyl sites for hydroxylation is 2. The zero-order chi connectivity index (χ0) is 17.9. The number of imidazole rings is 1. The first kappa shape index (κ1) is 17.9. The molecule has 1 unspecified atom stereocenters. The zero-order valence-corrected chi connectivity index (χ0v) is 14.1. The van der Waals surface area contributed by atoms with Crippen molar-refractivity contribution < 1.29 is 14.6 Å². The van der Waals surface area contributed by atoms with E-state index in [-0.39, 0.29) is 5.56 Å². The van der Waals surface area contributed by atoms with E-state index in [0.29, 0.717) is 43.6 Å². The van der Waals surface area contributed by atoms with Crippen molar-refractivity contribution in [3.8, 4) is 0 Å². The van der Waals surface area contributed by atoms with E-state index in [1.54, 1.807) is 18.5 Å². The summed E-state index contributed by atoms with van der Waals surface area (Å²) in [5.41, 5.74) is -0.0814. The topological polar surface area (TPSA) is 108 Å². The highest BCUT2D eigenvalue weighted by Gasteiger charge is 2.17. The number of nitrogens with zero attached hydrogens (tertiary/aromatic N) is 4. The molecule has 2 aromatic heterocycles. The molecular formula is C15H22N4O5. The van der Waals surface area contributed by atoms with Gasteiger partial charge in [0.1, 0.15) is 0 Å². The highest BCUT2D eigenvalue weighted by atomic mass is 16.5. The summed E-state index contributed by atoms with van der Waals surface area (Å²) in [4.78, 5) is 39.3. The zero-order valence-electron chi connectivity index (χ0n) is 14.1. The summed E-state index contributed by atoms with van der Waals surface area (Å²) in [5, 5.41) is 9.04. The minimum atomic E-state index is -0.964. The van der Waals surface area contributed by atoms with Crippen molar-refractivity contribution in [1.82, 2.24) is 18.7 Å². The van der Waals surface area contributed by atoms with Gasteiger partial charge in [0.05, 0.1) is 6.33 Å². The highest BCUT2D eigenvalue weighted by molar-refractivity contribution is 5.72. The predicted octanol–water partition coefficient (Wildman–Crippen LogP) is 0.0937. The first-order chi connectivity index (χ1) is 11.4. The third kappa shape index (κ3) is 3.40. The summed E-state index contributed by atoms with van der Waals surface area (Å²) in [5.74, 6) is -0.964. The first-order valence-electron chi connectivity index (χ1n) is 7.83. The molecule has 0 saturated heterocycles. The van der Waals surface area contributed by atoms with E-state index in [0.717, 1.165) is 4.57 Å². The Bertz CT molecular complexity index is 848. The van der Waals surface area contributed by atoms with Crippen LogP contribution in [-0.4, -0.2) is 42.5 Å². The number of unbranched alkanes of at least 4 members (excludes halogenated alkanes) is 1. The average Bonchev–Trinajstić information content (AvgIpc) is 2.97. The monoisotopic (exact) mass is 338 g/mol. The largest absolute Gasteiger partial charge is 0.479 e. The number of carboxylic acid groups (broad SMARTS) is 1. The van der Waals surface area contributed by atoms with Crippen LogP contribution < -0.4 is 11.2 Å². The van der Waals surface area contributed by atoms with E-state index in [1.807, 2.05) is 0 Å². The Labute approximate surface area is 138 Å². The normalized spacial score (nSPS) is 12.6. The second-order valence-corrected chi connectivity index (χ2v) is 5.59. The van der Waals surface area contributed by atoms with Crippen molar-refractivity contribution in [2.24, 2.45) is 14.1 Å². The van der Waals surface area contributed by atoms with Gasteiger partial charge in [0.25, 0.3) is 5.56 Å². The summed E-state index contributed by atoms with van der Waals surface area (Å²) < 4.78 is 9.25. The van der Waals surface area contributed by atoms with Crippen LogP contribution in [0.4, 0.5) is 0 Å². The van der Waals surface area contributed by atoms with Crippen LogP contribution in [0.5, 0.6) is 0 Å². The molecule has 0 fully saturated rings. The molecule has 24 heavy (non-hydrogen) atoms. The van der Waals surface area contributed by atoms with E-state index in [2.05, 4.69) is 4.98 Å². The van der Waals surface area contributed by atoms with Crippen LogP contribution in [0.25, 0.3) is 11.2 Å². The molecule has 9 heteroatoms. The van der Waals surface area contributed by atoms with E-state index < -0.39 is 17.8 Å². The van der Waals surface area contributed by atoms with Crippen LogP contribution in [0.2, 0.25) is 0 Å². The fourth-order valence-corrected chi connectivity index (χ4v) is 2.66. The van der Waals surface area contributed by atoms with Gasteiger partial charge in [0.15, 0.2) is 17.3 Å². The van der Waals surface area contributed by atoms with E-state index in [1.165, 1.54) is 17.9 Å². The van der Waals surface area contributed by atoms with Gasteiger partial charge in [0.2, 0.25) is 0 Å². The van der Waals surface area contributed by atoms with Crippen molar-refractivity contribution in [3.05, 3.63) is 27.2 Å². The fourth-order valence-electron chi connectivity index (χ4n) is 2.66. The standard InChI is InChI=1S/C15H22N4O5/c1-4-24-10(14(21)22)7-5-6-8-19-9-16-12-11(19)13(20)18(3)15(23)17(12)2/h9-10H,4-8H2,1-3H3,(H,21,22). The number of ether oxygens (including phenoxy) is 1. The lowest BCUT2D eigenvalue weighted by atomic mass is 10.1. The summed E-state index contributed by atoms with van der Waals surface area (Å²) >= 11 is 0. The Hall–Kier alpha value is -2.42. The van der Waals surface area contributed by atoms with E-state index in [9.17, 15) is 14.4 Å². The van der Waals surface area contributed by atoms with E-state index in [4.69, 9.17) is 9.84 Å². The second-order valence-electron chi connectivity index (χ2n) is 5.59. The smallest absolute Gasteiger partial charge is 0.332 e. The van der Waals surface area contributed by atoms with Crippen molar-refractivity contribution in [1.29, 1.82) is 0 Å². The fraction of sp³-hybridized carbons (Fsp3) is 0.600. The molecule has 0 spiro atoms. The van der Waals surface area contributed by atoms with Gasteiger partial charge >= 0.3 is 11.7 Å². The third-order valence-corrected chi connectivity index (χ3v) is 3.98. The lowest BCUT2D eigenvalue weighted by Gasteiger charge is -2.12. The first-order valence-corrected chi connectivity index (χ1v) is 7.83. The van der Waals surface area contributed by atoms with Gasteiger partial charge in [-0.15, -0.1) is 0 Å². The van der Waals surface area contributed by atoms with Gasteiger partial charge in [-0.1, -0.05) is 0 Å².